The lowest BCUT2D eigenvalue weighted by Crippen LogP contribution is -2.19. The minimum Gasteiger partial charge on any atom is -0.309 e. The first-order chi connectivity index (χ1) is 5.75. The summed E-state index contributed by atoms with van der Waals surface area (Å²) in [5.41, 5.74) is 0. The van der Waals surface area contributed by atoms with Gasteiger partial charge in [-0.2, -0.15) is 0 Å². The molecule has 0 fully saturated rings. The zero-order valence-electron chi connectivity index (χ0n) is 5.93. The third kappa shape index (κ3) is 1.47. The van der Waals surface area contributed by atoms with Crippen molar-refractivity contribution in [3.63, 3.8) is 0 Å². The van der Waals surface area contributed by atoms with Gasteiger partial charge in [0.05, 0.1) is 10.6 Å². The molecule has 5 heteroatoms. The number of hydrogen-bond acceptors (Lipinski definition) is 3. The van der Waals surface area contributed by atoms with Crippen molar-refractivity contribution in [2.45, 2.75) is 4.90 Å². The molecule has 0 aromatic carbocycles. The Morgan fingerprint density at radius 1 is 1.75 bits per heavy atom. The zero-order valence-corrected chi connectivity index (χ0v) is 8.33. The third-order valence-corrected chi connectivity index (χ3v) is 2.82. The first-order valence-electron chi connectivity index (χ1n) is 3.26. The largest absolute Gasteiger partial charge is 0.309 e. The van der Waals surface area contributed by atoms with Crippen LogP contribution in [0.3, 0.4) is 0 Å². The number of aromatic nitrogens is 1. The molecule has 1 amide bonds. The number of anilines is 1. The van der Waals surface area contributed by atoms with Gasteiger partial charge in [-0.05, 0) is 22.0 Å². The van der Waals surface area contributed by atoms with E-state index in [1.165, 1.54) is 11.8 Å². The van der Waals surface area contributed by atoms with E-state index < -0.39 is 0 Å². The molecule has 3 nitrogen and oxygen atoms in total. The van der Waals surface area contributed by atoms with Gasteiger partial charge in [0.25, 0.3) is 0 Å². The molecule has 1 aromatic heterocycles. The Morgan fingerprint density at radius 2 is 2.58 bits per heavy atom. The van der Waals surface area contributed by atoms with Crippen LogP contribution in [0.25, 0.3) is 0 Å². The van der Waals surface area contributed by atoms with Crippen LogP contribution in [0.15, 0.2) is 15.4 Å². The lowest BCUT2D eigenvalue weighted by molar-refractivity contribution is -0.113. The van der Waals surface area contributed by atoms with Crippen molar-refractivity contribution in [3.05, 3.63) is 16.7 Å². The second-order valence-electron chi connectivity index (χ2n) is 2.27. The van der Waals surface area contributed by atoms with Crippen LogP contribution in [0.1, 0.15) is 0 Å². The number of hydrogen-bond donors (Lipinski definition) is 1. The van der Waals surface area contributed by atoms with Gasteiger partial charge < -0.3 is 5.32 Å². The van der Waals surface area contributed by atoms with Crippen LogP contribution in [0.2, 0.25) is 0 Å². The lowest BCUT2D eigenvalue weighted by Gasteiger charge is -2.14. The van der Waals surface area contributed by atoms with Gasteiger partial charge >= 0.3 is 0 Å². The fourth-order valence-electron chi connectivity index (χ4n) is 0.891. The highest BCUT2D eigenvalue weighted by Gasteiger charge is 2.16. The van der Waals surface area contributed by atoms with E-state index in [4.69, 9.17) is 0 Å². The zero-order chi connectivity index (χ0) is 8.55. The average Bonchev–Trinajstić information content (AvgIpc) is 2.05. The number of nitrogens with one attached hydrogen (secondary N) is 1. The second-order valence-corrected chi connectivity index (χ2v) is 4.14. The molecule has 2 rings (SSSR count). The van der Waals surface area contributed by atoms with Crippen molar-refractivity contribution in [1.82, 2.24) is 4.98 Å². The number of halogens is 1. The van der Waals surface area contributed by atoms with E-state index in [1.54, 1.807) is 0 Å². The summed E-state index contributed by atoms with van der Waals surface area (Å²) in [6, 6.07) is 1.90. The van der Waals surface area contributed by atoms with Gasteiger partial charge in [0.15, 0.2) is 0 Å². The highest BCUT2D eigenvalue weighted by molar-refractivity contribution is 9.10. The summed E-state index contributed by atoms with van der Waals surface area (Å²) in [6.45, 7) is 0. The second kappa shape index (κ2) is 3.06. The monoisotopic (exact) mass is 243 g/mol. The number of fused-ring (bicyclic) bond motifs is 1. The summed E-state index contributed by atoms with van der Waals surface area (Å²) < 4.78 is 0.810. The fraction of sp³-hybridized carbons (Fsp3) is 0.143. The maximum atomic E-state index is 10.9. The Hall–Kier alpha value is -0.550. The number of carbonyl (C=O) groups is 1. The minimum atomic E-state index is -0.00396. The first-order valence-corrected chi connectivity index (χ1v) is 5.04. The average molecular weight is 244 g/mol. The molecule has 0 spiro atoms. The molecule has 61 valence electrons. The number of carbonyl (C=O) groups excluding carboxylic acids is 1. The van der Waals surface area contributed by atoms with Crippen LogP contribution in [0, 0.1) is 6.20 Å². The Bertz CT molecular complexity index is 342. The molecular weight excluding hydrogens is 240 g/mol. The molecule has 0 unspecified atom stereocenters. The van der Waals surface area contributed by atoms with E-state index in [9.17, 15) is 4.79 Å². The number of pyridine rings is 1. The summed E-state index contributed by atoms with van der Waals surface area (Å²) >= 11 is 4.75. The van der Waals surface area contributed by atoms with Crippen LogP contribution < -0.4 is 5.32 Å². The van der Waals surface area contributed by atoms with Crippen molar-refractivity contribution < 1.29 is 4.79 Å². The quantitative estimate of drug-likeness (QED) is 0.755. The number of thioether (sulfide) groups is 1. The summed E-state index contributed by atoms with van der Waals surface area (Å²) in [4.78, 5) is 15.8. The van der Waals surface area contributed by atoms with Crippen LogP contribution in [0.5, 0.6) is 0 Å². The highest BCUT2D eigenvalue weighted by atomic mass is 79.9. The number of rotatable bonds is 0. The van der Waals surface area contributed by atoms with Gasteiger partial charge in [-0.25, -0.2) is 4.98 Å². The van der Waals surface area contributed by atoms with E-state index in [-0.39, 0.29) is 5.91 Å². The smallest absolute Gasteiger partial charge is 0.235 e. The normalized spacial score (nSPS) is 15.2. The number of amides is 1. The van der Waals surface area contributed by atoms with E-state index >= 15 is 0 Å². The van der Waals surface area contributed by atoms with Crippen molar-refractivity contribution >= 4 is 39.4 Å². The summed E-state index contributed by atoms with van der Waals surface area (Å²) in [7, 11) is 0. The molecule has 1 N–H and O–H groups in total. The summed E-state index contributed by atoms with van der Waals surface area (Å²) in [5.74, 6) is 1.07. The lowest BCUT2D eigenvalue weighted by atomic mass is 10.4. The van der Waals surface area contributed by atoms with E-state index in [2.05, 4.69) is 32.4 Å². The number of nitrogens with zero attached hydrogens (tertiary/aromatic N) is 1. The molecule has 0 saturated heterocycles. The topological polar surface area (TPSA) is 42.0 Å². The Kier molecular flexibility index (Phi) is 2.06. The molecule has 0 atom stereocenters. The van der Waals surface area contributed by atoms with Crippen LogP contribution in [-0.2, 0) is 4.79 Å². The molecule has 0 aliphatic carbocycles. The van der Waals surface area contributed by atoms with Crippen molar-refractivity contribution in [1.29, 1.82) is 0 Å². The maximum absolute atomic E-state index is 10.9. The van der Waals surface area contributed by atoms with Crippen molar-refractivity contribution in [3.8, 4) is 0 Å². The van der Waals surface area contributed by atoms with Crippen LogP contribution >= 0.6 is 27.7 Å². The van der Waals surface area contributed by atoms with Crippen molar-refractivity contribution in [2.24, 2.45) is 0 Å². The molecule has 12 heavy (non-hydrogen) atoms. The van der Waals surface area contributed by atoms with Gasteiger partial charge in [-0.3, -0.25) is 4.79 Å². The SMILES string of the molecule is O=C1CSc2cc(Br)[c]nc2N1. The summed E-state index contributed by atoms with van der Waals surface area (Å²) in [5, 5.41) is 2.66. The fourth-order valence-corrected chi connectivity index (χ4v) is 2.15. The molecule has 1 radical (unpaired) electrons. The molecule has 0 bridgehead atoms. The predicted molar refractivity (Wildman–Crippen MR) is 50.1 cm³/mol. The van der Waals surface area contributed by atoms with E-state index in [1.807, 2.05) is 6.07 Å². The highest BCUT2D eigenvalue weighted by Crippen LogP contribution is 2.30. The van der Waals surface area contributed by atoms with Crippen molar-refractivity contribution in [2.75, 3.05) is 11.1 Å². The predicted octanol–water partition coefficient (Wildman–Crippen LogP) is 1.69. The van der Waals surface area contributed by atoms with Gasteiger partial charge in [0.1, 0.15) is 12.0 Å². The Balaban J connectivity index is 2.43. The van der Waals surface area contributed by atoms with Gasteiger partial charge in [-0.15, -0.1) is 11.8 Å². The first kappa shape index (κ1) is 8.07. The van der Waals surface area contributed by atoms with Crippen LogP contribution in [-0.4, -0.2) is 16.6 Å². The molecular formula is C7H4BrN2OS. The molecule has 1 aromatic rings. The molecule has 2 heterocycles. The molecule has 0 saturated carbocycles. The third-order valence-electron chi connectivity index (χ3n) is 1.38. The van der Waals surface area contributed by atoms with E-state index in [0.29, 0.717) is 11.6 Å². The Morgan fingerprint density at radius 3 is 3.42 bits per heavy atom. The molecule has 1 aliphatic rings. The maximum Gasteiger partial charge on any atom is 0.235 e. The standard InChI is InChI=1S/C7H4BrN2OS/c8-4-1-5-7(9-2-4)10-6(11)3-12-5/h1H,3H2,(H,9,10,11). The van der Waals surface area contributed by atoms with Gasteiger partial charge in [0.2, 0.25) is 5.91 Å². The van der Waals surface area contributed by atoms with Crippen LogP contribution in [0.4, 0.5) is 5.82 Å². The summed E-state index contributed by atoms with van der Waals surface area (Å²) in [6.07, 6.45) is 2.72. The molecule has 1 aliphatic heterocycles. The van der Waals surface area contributed by atoms with Gasteiger partial charge in [0, 0.05) is 4.47 Å². The Labute approximate surface area is 82.1 Å². The van der Waals surface area contributed by atoms with E-state index in [0.717, 1.165) is 9.37 Å². The minimum absolute atomic E-state index is 0.00396. The van der Waals surface area contributed by atoms with Gasteiger partial charge in [-0.1, -0.05) is 0 Å².